The summed E-state index contributed by atoms with van der Waals surface area (Å²) >= 11 is 2.06. The van der Waals surface area contributed by atoms with Crippen LogP contribution < -0.4 is 4.74 Å². The molecule has 0 aliphatic rings. The van der Waals surface area contributed by atoms with Crippen LogP contribution in [0.1, 0.15) is 20.8 Å². The number of carbonyl (C=O) groups excluding carboxylic acids is 1. The molecule has 7 heteroatoms. The molecule has 0 fully saturated rings. The molecule has 19 heavy (non-hydrogen) atoms. The second-order valence-corrected chi connectivity index (χ2v) is 5.95. The van der Waals surface area contributed by atoms with E-state index in [1.54, 1.807) is 19.4 Å². The van der Waals surface area contributed by atoms with Crippen LogP contribution in [0.15, 0.2) is 12.3 Å². The number of hydrogen-bond acceptors (Lipinski definition) is 5. The fraction of sp³-hybridized carbons (Fsp3) is 0.417. The first-order valence-electron chi connectivity index (χ1n) is 5.63. The Kier molecular flexibility index (Phi) is 3.66. The lowest BCUT2D eigenvalue weighted by Gasteiger charge is -2.19. The number of halogens is 1. The highest BCUT2D eigenvalue weighted by atomic mass is 127. The molecule has 0 N–H and O–H groups in total. The van der Waals surface area contributed by atoms with Crippen molar-refractivity contribution in [2.75, 3.05) is 7.11 Å². The van der Waals surface area contributed by atoms with Gasteiger partial charge in [-0.05, 0) is 43.4 Å². The number of fused-ring (bicyclic) bond motifs is 1. The first-order valence-corrected chi connectivity index (χ1v) is 6.71. The first kappa shape index (κ1) is 14.0. The minimum atomic E-state index is -0.569. The van der Waals surface area contributed by atoms with Gasteiger partial charge in [-0.2, -0.15) is 9.78 Å². The Bertz CT molecular complexity index is 631. The van der Waals surface area contributed by atoms with Crippen molar-refractivity contribution in [2.45, 2.75) is 26.4 Å². The third-order valence-corrected chi connectivity index (χ3v) is 3.07. The van der Waals surface area contributed by atoms with Crippen molar-refractivity contribution < 1.29 is 14.3 Å². The highest BCUT2D eigenvalue weighted by Crippen LogP contribution is 2.23. The van der Waals surface area contributed by atoms with Gasteiger partial charge >= 0.3 is 6.09 Å². The standard InChI is InChI=1S/C12H14IN3O3/c1-12(2,3)19-11(17)16-8-6-14-9(18-4)5-7(8)10(13)15-16/h5-6H,1-4H3. The van der Waals surface area contributed by atoms with Crippen LogP contribution in [0.5, 0.6) is 5.88 Å². The number of carbonyl (C=O) groups is 1. The third kappa shape index (κ3) is 2.96. The van der Waals surface area contributed by atoms with Crippen LogP contribution in [0.4, 0.5) is 4.79 Å². The van der Waals surface area contributed by atoms with Gasteiger partial charge < -0.3 is 9.47 Å². The lowest BCUT2D eigenvalue weighted by atomic mass is 10.2. The Balaban J connectivity index is 2.48. The van der Waals surface area contributed by atoms with Crippen LogP contribution in [0.3, 0.4) is 0 Å². The van der Waals surface area contributed by atoms with Crippen molar-refractivity contribution in [2.24, 2.45) is 0 Å². The zero-order chi connectivity index (χ0) is 14.2. The van der Waals surface area contributed by atoms with Gasteiger partial charge in [-0.15, -0.1) is 0 Å². The number of hydrogen-bond donors (Lipinski definition) is 0. The molecule has 0 aliphatic heterocycles. The van der Waals surface area contributed by atoms with Crippen molar-refractivity contribution in [3.8, 4) is 5.88 Å². The molecule has 0 spiro atoms. The molecule has 0 atom stereocenters. The summed E-state index contributed by atoms with van der Waals surface area (Å²) in [5.41, 5.74) is 0.0280. The summed E-state index contributed by atoms with van der Waals surface area (Å²) in [6, 6.07) is 1.74. The predicted octanol–water partition coefficient (Wildman–Crippen LogP) is 2.83. The fourth-order valence-corrected chi connectivity index (χ4v) is 2.16. The highest BCUT2D eigenvalue weighted by Gasteiger charge is 2.22. The van der Waals surface area contributed by atoms with E-state index in [2.05, 4.69) is 32.7 Å². The molecule has 0 bridgehead atoms. The average molecular weight is 375 g/mol. The molecule has 0 amide bonds. The van der Waals surface area contributed by atoms with Crippen molar-refractivity contribution >= 4 is 39.6 Å². The van der Waals surface area contributed by atoms with E-state index in [-0.39, 0.29) is 0 Å². The van der Waals surface area contributed by atoms with Crippen LogP contribution in [-0.2, 0) is 4.74 Å². The molecule has 2 aromatic rings. The van der Waals surface area contributed by atoms with Crippen LogP contribution >= 0.6 is 22.6 Å². The van der Waals surface area contributed by atoms with Crippen molar-refractivity contribution in [1.82, 2.24) is 14.8 Å². The van der Waals surface area contributed by atoms with Gasteiger partial charge in [-0.3, -0.25) is 0 Å². The van der Waals surface area contributed by atoms with Gasteiger partial charge in [0.15, 0.2) is 0 Å². The SMILES string of the molecule is COc1cc2c(I)nn(C(=O)OC(C)(C)C)c2cn1. The van der Waals surface area contributed by atoms with E-state index in [9.17, 15) is 4.79 Å². The van der Waals surface area contributed by atoms with Gasteiger partial charge in [0.1, 0.15) is 14.8 Å². The Morgan fingerprint density at radius 1 is 1.42 bits per heavy atom. The molecule has 2 rings (SSSR count). The molecule has 0 aliphatic carbocycles. The number of methoxy groups -OCH3 is 1. The van der Waals surface area contributed by atoms with Gasteiger partial charge in [0.25, 0.3) is 0 Å². The molecule has 0 aromatic carbocycles. The predicted molar refractivity (Wildman–Crippen MR) is 78.4 cm³/mol. The zero-order valence-corrected chi connectivity index (χ0v) is 13.3. The molecular formula is C12H14IN3O3. The van der Waals surface area contributed by atoms with E-state index in [0.29, 0.717) is 15.1 Å². The molecule has 2 aromatic heterocycles. The second-order valence-electron chi connectivity index (χ2n) is 4.93. The lowest BCUT2D eigenvalue weighted by molar-refractivity contribution is 0.0522. The molecule has 2 heterocycles. The van der Waals surface area contributed by atoms with Crippen LogP contribution in [0.2, 0.25) is 0 Å². The van der Waals surface area contributed by atoms with E-state index in [0.717, 1.165) is 5.39 Å². The van der Waals surface area contributed by atoms with Gasteiger partial charge in [-0.1, -0.05) is 0 Å². The number of aromatic nitrogens is 3. The van der Waals surface area contributed by atoms with Gasteiger partial charge in [-0.25, -0.2) is 9.78 Å². The molecule has 6 nitrogen and oxygen atoms in total. The molecule has 0 saturated carbocycles. The van der Waals surface area contributed by atoms with E-state index in [1.165, 1.54) is 4.68 Å². The molecule has 102 valence electrons. The largest absolute Gasteiger partial charge is 0.481 e. The van der Waals surface area contributed by atoms with Gasteiger partial charge in [0, 0.05) is 11.5 Å². The number of pyridine rings is 1. The maximum absolute atomic E-state index is 12.1. The van der Waals surface area contributed by atoms with E-state index < -0.39 is 11.7 Å². The Morgan fingerprint density at radius 2 is 2.11 bits per heavy atom. The third-order valence-electron chi connectivity index (χ3n) is 2.27. The fourth-order valence-electron chi connectivity index (χ4n) is 1.51. The first-order chi connectivity index (χ1) is 8.81. The summed E-state index contributed by atoms with van der Waals surface area (Å²) in [7, 11) is 1.54. The maximum Gasteiger partial charge on any atom is 0.435 e. The van der Waals surface area contributed by atoms with E-state index >= 15 is 0 Å². The summed E-state index contributed by atoms with van der Waals surface area (Å²) in [5.74, 6) is 0.481. The van der Waals surface area contributed by atoms with Crippen LogP contribution in [-0.4, -0.2) is 33.6 Å². The minimum Gasteiger partial charge on any atom is -0.481 e. The summed E-state index contributed by atoms with van der Waals surface area (Å²) < 4.78 is 12.3. The second kappa shape index (κ2) is 4.95. The zero-order valence-electron chi connectivity index (χ0n) is 11.1. The van der Waals surface area contributed by atoms with Crippen molar-refractivity contribution in [1.29, 1.82) is 0 Å². The number of ether oxygens (including phenoxy) is 2. The summed E-state index contributed by atoms with van der Waals surface area (Å²) in [5, 5.41) is 4.99. The molecule has 0 saturated heterocycles. The monoisotopic (exact) mass is 375 g/mol. The highest BCUT2D eigenvalue weighted by molar-refractivity contribution is 14.1. The maximum atomic E-state index is 12.1. The quantitative estimate of drug-likeness (QED) is 0.718. The van der Waals surface area contributed by atoms with Gasteiger partial charge in [0.2, 0.25) is 5.88 Å². The summed E-state index contributed by atoms with van der Waals surface area (Å²) in [6.45, 7) is 5.43. The molecule has 0 unspecified atom stereocenters. The average Bonchev–Trinajstić information content (AvgIpc) is 2.64. The number of rotatable bonds is 1. The molecule has 0 radical (unpaired) electrons. The summed E-state index contributed by atoms with van der Waals surface area (Å²) in [6.07, 6.45) is 1.03. The van der Waals surface area contributed by atoms with Gasteiger partial charge in [0.05, 0.1) is 13.3 Å². The van der Waals surface area contributed by atoms with Crippen molar-refractivity contribution in [3.05, 3.63) is 16.0 Å². The smallest absolute Gasteiger partial charge is 0.435 e. The van der Waals surface area contributed by atoms with Crippen LogP contribution in [0.25, 0.3) is 10.9 Å². The van der Waals surface area contributed by atoms with E-state index in [4.69, 9.17) is 9.47 Å². The number of nitrogens with zero attached hydrogens (tertiary/aromatic N) is 3. The van der Waals surface area contributed by atoms with Crippen LogP contribution in [0, 0.1) is 3.70 Å². The Morgan fingerprint density at radius 3 is 2.68 bits per heavy atom. The minimum absolute atomic E-state index is 0.481. The normalized spacial score (nSPS) is 11.6. The Hall–Kier alpha value is -1.38. The topological polar surface area (TPSA) is 66.2 Å². The van der Waals surface area contributed by atoms with Crippen molar-refractivity contribution in [3.63, 3.8) is 0 Å². The lowest BCUT2D eigenvalue weighted by Crippen LogP contribution is -2.27. The Labute approximate surface area is 124 Å². The molecular weight excluding hydrogens is 361 g/mol. The summed E-state index contributed by atoms with van der Waals surface area (Å²) in [4.78, 5) is 16.1. The van der Waals surface area contributed by atoms with E-state index in [1.807, 2.05) is 20.8 Å².